The van der Waals surface area contributed by atoms with Gasteiger partial charge in [0, 0.05) is 26.3 Å². The molecule has 3 nitrogen and oxygen atoms in total. The van der Waals surface area contributed by atoms with Crippen molar-refractivity contribution in [1.82, 2.24) is 9.97 Å². The van der Waals surface area contributed by atoms with Crippen molar-refractivity contribution in [1.29, 1.82) is 0 Å². The minimum Gasteiger partial charge on any atom is -0.305 e. The second-order valence-electron chi connectivity index (χ2n) is 14.4. The standard InChI is InChI=1S/C27H26GeNO.C14H16NSi.Ir/c1-17(2)18-12-13-29-24(16-18)20-7-10-25-23(15-20)27-22-9-8-21(28(3,4)5)14-19(22)6-11-26(27)30-25;1-16(2,3)13-9-10-14(15-11-13)12-7-5-4-6-8-12;/h6,8-17H,1-5H3;4-7,9-11H,1-3H3;/q2*-1;. The smallest absolute Gasteiger partial charge is 0.0795 e. The third-order valence-electron chi connectivity index (χ3n) is 8.59. The Balaban J connectivity index is 0.000000217. The van der Waals surface area contributed by atoms with Crippen LogP contribution in [0.5, 0.6) is 0 Å². The van der Waals surface area contributed by atoms with Crippen LogP contribution in [-0.2, 0) is 20.1 Å². The van der Waals surface area contributed by atoms with Crippen LogP contribution in [0.15, 0.2) is 108 Å². The van der Waals surface area contributed by atoms with Crippen molar-refractivity contribution in [3.63, 3.8) is 0 Å². The average molecular weight is 872 g/mol. The number of hydrogen-bond acceptors (Lipinski definition) is 3. The molecule has 47 heavy (non-hydrogen) atoms. The van der Waals surface area contributed by atoms with Gasteiger partial charge in [0.05, 0.1) is 8.07 Å². The van der Waals surface area contributed by atoms with E-state index in [1.54, 1.807) is 0 Å². The van der Waals surface area contributed by atoms with Crippen LogP contribution in [0.25, 0.3) is 55.2 Å². The van der Waals surface area contributed by atoms with E-state index in [0.717, 1.165) is 39.1 Å². The van der Waals surface area contributed by atoms with Crippen molar-refractivity contribution in [2.24, 2.45) is 0 Å². The van der Waals surface area contributed by atoms with Crippen molar-refractivity contribution in [3.05, 3.63) is 121 Å². The Morgan fingerprint density at radius 2 is 1.55 bits per heavy atom. The van der Waals surface area contributed by atoms with E-state index >= 15 is 0 Å². The second-order valence-corrected chi connectivity index (χ2v) is 30.2. The number of hydrogen-bond donors (Lipinski definition) is 0. The number of benzene rings is 4. The van der Waals surface area contributed by atoms with Crippen LogP contribution in [0.1, 0.15) is 25.3 Å². The Labute approximate surface area is 296 Å². The summed E-state index contributed by atoms with van der Waals surface area (Å²) < 4.78 is 7.70. The summed E-state index contributed by atoms with van der Waals surface area (Å²) in [6, 6.07) is 38.5. The fourth-order valence-electron chi connectivity index (χ4n) is 5.67. The molecule has 0 aliphatic heterocycles. The monoisotopic (exact) mass is 873 g/mol. The number of nitrogens with zero attached hydrogens (tertiary/aromatic N) is 2. The Hall–Kier alpha value is -3.35. The van der Waals surface area contributed by atoms with E-state index in [4.69, 9.17) is 4.42 Å². The van der Waals surface area contributed by atoms with Crippen molar-refractivity contribution < 1.29 is 24.5 Å². The van der Waals surface area contributed by atoms with Gasteiger partial charge < -0.3 is 4.98 Å². The maximum atomic E-state index is 6.17. The maximum Gasteiger partial charge on any atom is 0.0795 e. The second kappa shape index (κ2) is 14.0. The summed E-state index contributed by atoms with van der Waals surface area (Å²) in [5, 5.41) is 6.25. The van der Waals surface area contributed by atoms with Crippen LogP contribution in [0, 0.1) is 12.1 Å². The molecule has 0 N–H and O–H groups in total. The molecule has 0 unspecified atom stereocenters. The van der Waals surface area contributed by atoms with E-state index < -0.39 is 21.3 Å². The summed E-state index contributed by atoms with van der Waals surface area (Å²) in [6.45, 7) is 11.4. The van der Waals surface area contributed by atoms with Crippen molar-refractivity contribution in [3.8, 4) is 22.5 Å². The van der Waals surface area contributed by atoms with Crippen LogP contribution < -0.4 is 9.58 Å². The molecule has 3 heterocycles. The Bertz CT molecular complexity index is 2140. The van der Waals surface area contributed by atoms with Gasteiger partial charge >= 0.3 is 167 Å². The third kappa shape index (κ3) is 7.70. The fraction of sp³-hybridized carbons (Fsp3) is 0.220. The molecule has 6 heteroatoms. The molecule has 3 aromatic heterocycles. The maximum absolute atomic E-state index is 6.17. The number of pyridine rings is 2. The third-order valence-corrected chi connectivity index (χ3v) is 14.9. The zero-order valence-electron chi connectivity index (χ0n) is 28.5. The van der Waals surface area contributed by atoms with Crippen LogP contribution in [0.3, 0.4) is 0 Å². The normalized spacial score (nSPS) is 11.9. The molecule has 0 fully saturated rings. The van der Waals surface area contributed by atoms with Crippen molar-refractivity contribution in [2.45, 2.75) is 56.7 Å². The molecule has 4 aromatic carbocycles. The molecular weight excluding hydrogens is 829 g/mol. The van der Waals surface area contributed by atoms with Gasteiger partial charge in [-0.15, -0.1) is 35.9 Å². The Kier molecular flexibility index (Phi) is 10.4. The van der Waals surface area contributed by atoms with Gasteiger partial charge in [0.25, 0.3) is 0 Å². The van der Waals surface area contributed by atoms with Gasteiger partial charge in [-0.05, 0) is 10.9 Å². The van der Waals surface area contributed by atoms with Gasteiger partial charge in [-0.1, -0.05) is 45.6 Å². The fourth-order valence-corrected chi connectivity index (χ4v) is 9.16. The van der Waals surface area contributed by atoms with Crippen LogP contribution in [-0.4, -0.2) is 31.3 Å². The minimum absolute atomic E-state index is 0. The summed E-state index contributed by atoms with van der Waals surface area (Å²) in [7, 11) is -1.23. The molecule has 0 saturated heterocycles. The molecule has 0 spiro atoms. The largest absolute Gasteiger partial charge is 0.305 e. The van der Waals surface area contributed by atoms with E-state index in [0.29, 0.717) is 5.92 Å². The minimum atomic E-state index is -1.88. The quantitative estimate of drug-likeness (QED) is 0.128. The summed E-state index contributed by atoms with van der Waals surface area (Å²) in [5.41, 5.74) is 7.12. The summed E-state index contributed by atoms with van der Waals surface area (Å²) in [6.07, 6.45) is 3.91. The van der Waals surface area contributed by atoms with E-state index in [-0.39, 0.29) is 20.1 Å². The van der Waals surface area contributed by atoms with Gasteiger partial charge in [0.2, 0.25) is 0 Å². The topological polar surface area (TPSA) is 38.9 Å². The van der Waals surface area contributed by atoms with Gasteiger partial charge in [-0.2, -0.15) is 0 Å². The van der Waals surface area contributed by atoms with Crippen LogP contribution in [0.2, 0.25) is 36.9 Å². The molecule has 0 amide bonds. The number of aromatic nitrogens is 2. The number of furan rings is 1. The van der Waals surface area contributed by atoms with Crippen molar-refractivity contribution in [2.75, 3.05) is 0 Å². The summed E-state index contributed by atoms with van der Waals surface area (Å²) >= 11 is -1.88. The number of rotatable bonds is 5. The Morgan fingerprint density at radius 1 is 0.745 bits per heavy atom. The molecule has 0 bridgehead atoms. The first-order valence-electron chi connectivity index (χ1n) is 16.1. The van der Waals surface area contributed by atoms with Gasteiger partial charge in [0.15, 0.2) is 0 Å². The molecular formula is C41H42GeIrN2OSi-2. The molecule has 1 radical (unpaired) electrons. The molecule has 0 atom stereocenters. The Morgan fingerprint density at radius 3 is 2.21 bits per heavy atom. The van der Waals surface area contributed by atoms with Gasteiger partial charge in [-0.25, -0.2) is 0 Å². The first kappa shape index (κ1) is 35.0. The van der Waals surface area contributed by atoms with E-state index in [2.05, 4.69) is 134 Å². The molecule has 0 saturated carbocycles. The molecule has 7 aromatic rings. The zero-order valence-corrected chi connectivity index (χ0v) is 34.0. The van der Waals surface area contributed by atoms with Gasteiger partial charge in [-0.3, -0.25) is 0 Å². The van der Waals surface area contributed by atoms with E-state index in [1.807, 2.05) is 42.7 Å². The van der Waals surface area contributed by atoms with Crippen LogP contribution >= 0.6 is 0 Å². The predicted molar refractivity (Wildman–Crippen MR) is 202 cm³/mol. The van der Waals surface area contributed by atoms with E-state index in [1.165, 1.54) is 31.3 Å². The number of fused-ring (bicyclic) bond motifs is 5. The average Bonchev–Trinajstić information content (AvgIpc) is 3.43. The molecule has 0 aliphatic carbocycles. The summed E-state index contributed by atoms with van der Waals surface area (Å²) in [5.74, 6) is 7.78. The molecule has 0 aliphatic rings. The van der Waals surface area contributed by atoms with Crippen LogP contribution in [0.4, 0.5) is 0 Å². The SMILES string of the molecule is CC(C)c1ccnc(-c2[c-]cc3oc4ccc5c[c]([Ge]([CH3])([CH3])[CH3])ccc5c4c3c2)c1.C[Si](C)(C)c1ccc(-c2[c-]cccc2)nc1.[Ir]. The first-order valence-corrected chi connectivity index (χ1v) is 26.9. The van der Waals surface area contributed by atoms with E-state index in [9.17, 15) is 0 Å². The summed E-state index contributed by atoms with van der Waals surface area (Å²) in [4.78, 5) is 9.13. The molecule has 241 valence electrons. The van der Waals surface area contributed by atoms with Gasteiger partial charge in [0.1, 0.15) is 0 Å². The van der Waals surface area contributed by atoms with Crippen molar-refractivity contribution >= 4 is 63.6 Å². The predicted octanol–water partition coefficient (Wildman–Crippen LogP) is 10.4. The first-order chi connectivity index (χ1) is 21.9. The zero-order chi connectivity index (χ0) is 32.6. The molecule has 7 rings (SSSR count).